The standard InChI is InChI=1S/2C14H19NO5.C13H18N2O5.ClH/c2*1-2-3-4-13(18)15-10(14(19)20)7-9-5-6-11(16)12(17)8-9;14-5-1-2-12(18)15-9(13(19)20)6-8-3-4-10(16)11(17)7-8;/h2*5-6,8,10,16-17H,2-4,7H2,1H3,(H,15,18)(H,19,20);3-4,7,9,16-17H,1-2,5-6,14H2,(H,15,18)(H,19,20);1H/t2*10-;9-;/m000./s1. The van der Waals surface area contributed by atoms with E-state index in [2.05, 4.69) is 16.0 Å². The van der Waals surface area contributed by atoms with Crippen molar-refractivity contribution in [3.8, 4) is 34.5 Å². The molecule has 0 saturated carbocycles. The van der Waals surface area contributed by atoms with Crippen molar-refractivity contribution in [3.05, 3.63) is 71.3 Å². The molecule has 0 aliphatic rings. The van der Waals surface area contributed by atoms with Gasteiger partial charge in [-0.2, -0.15) is 0 Å². The fourth-order valence-electron chi connectivity index (χ4n) is 5.13. The number of rotatable bonds is 21. The molecule has 14 N–H and O–H groups in total. The number of hydrogen-bond donors (Lipinski definition) is 13. The van der Waals surface area contributed by atoms with Gasteiger partial charge in [0.2, 0.25) is 17.7 Å². The van der Waals surface area contributed by atoms with E-state index in [0.29, 0.717) is 55.3 Å². The first-order chi connectivity index (χ1) is 28.3. The highest BCUT2D eigenvalue weighted by molar-refractivity contribution is 5.86. The van der Waals surface area contributed by atoms with Gasteiger partial charge < -0.3 is 67.6 Å². The third-order valence-electron chi connectivity index (χ3n) is 8.46. The SMILES string of the molecule is CCCCC(=O)N[C@@H](Cc1ccc(O)c(O)c1)C(=O)O.CCCCC(=O)N[C@@H](Cc1ccc(O)c(O)c1)C(=O)O.Cl.NCCCC(=O)N[C@@H](Cc1ccc(O)c(O)c1)C(=O)O. The van der Waals surface area contributed by atoms with E-state index in [1.54, 1.807) is 0 Å². The number of aliphatic carboxylic acids is 3. The molecule has 0 heterocycles. The van der Waals surface area contributed by atoms with Gasteiger partial charge in [-0.15, -0.1) is 12.4 Å². The summed E-state index contributed by atoms with van der Waals surface area (Å²) in [5.41, 5.74) is 6.80. The Kier molecular flexibility index (Phi) is 25.8. The topological polar surface area (TPSA) is 347 Å². The summed E-state index contributed by atoms with van der Waals surface area (Å²) in [7, 11) is 0. The number of amides is 3. The number of hydrogen-bond acceptors (Lipinski definition) is 13. The van der Waals surface area contributed by atoms with E-state index in [4.69, 9.17) is 21.1 Å². The highest BCUT2D eigenvalue weighted by atomic mass is 35.5. The fourth-order valence-corrected chi connectivity index (χ4v) is 5.13. The highest BCUT2D eigenvalue weighted by Gasteiger charge is 2.23. The molecule has 0 aliphatic heterocycles. The smallest absolute Gasteiger partial charge is 0.326 e. The zero-order chi connectivity index (χ0) is 45.4. The Morgan fingerprint density at radius 1 is 0.475 bits per heavy atom. The van der Waals surface area contributed by atoms with Gasteiger partial charge in [0, 0.05) is 38.5 Å². The zero-order valence-corrected chi connectivity index (χ0v) is 34.7. The van der Waals surface area contributed by atoms with Crippen LogP contribution >= 0.6 is 12.4 Å². The van der Waals surface area contributed by atoms with Gasteiger partial charge in [-0.25, -0.2) is 14.4 Å². The van der Waals surface area contributed by atoms with E-state index in [1.807, 2.05) is 13.8 Å². The minimum atomic E-state index is -1.17. The molecular weight excluding hydrogens is 824 g/mol. The lowest BCUT2D eigenvalue weighted by Crippen LogP contribution is -2.42. The summed E-state index contributed by atoms with van der Waals surface area (Å²) < 4.78 is 0. The lowest BCUT2D eigenvalue weighted by atomic mass is 10.0. The van der Waals surface area contributed by atoms with Crippen molar-refractivity contribution < 1.29 is 74.7 Å². The second-order valence-electron chi connectivity index (χ2n) is 13.6. The van der Waals surface area contributed by atoms with Gasteiger partial charge in [0.25, 0.3) is 0 Å². The minimum Gasteiger partial charge on any atom is -0.504 e. The van der Waals surface area contributed by atoms with Crippen LogP contribution in [-0.2, 0) is 48.0 Å². The van der Waals surface area contributed by atoms with E-state index >= 15 is 0 Å². The summed E-state index contributed by atoms with van der Waals surface area (Å²) >= 11 is 0. The molecule has 19 nitrogen and oxygen atoms in total. The molecule has 3 atom stereocenters. The van der Waals surface area contributed by atoms with Gasteiger partial charge in [0.15, 0.2) is 34.5 Å². The Morgan fingerprint density at radius 3 is 0.951 bits per heavy atom. The van der Waals surface area contributed by atoms with Crippen molar-refractivity contribution in [1.29, 1.82) is 0 Å². The maximum atomic E-state index is 11.6. The molecule has 0 bridgehead atoms. The molecule has 3 amide bonds. The first-order valence-corrected chi connectivity index (χ1v) is 19.1. The van der Waals surface area contributed by atoms with Crippen molar-refractivity contribution in [1.82, 2.24) is 16.0 Å². The first kappa shape index (κ1) is 54.5. The number of carboxylic acid groups (broad SMARTS) is 3. The Bertz CT molecular complexity index is 1680. The summed E-state index contributed by atoms with van der Waals surface area (Å²) in [6.45, 7) is 4.25. The summed E-state index contributed by atoms with van der Waals surface area (Å²) in [5, 5.41) is 90.2. The van der Waals surface area contributed by atoms with Crippen LogP contribution in [0.3, 0.4) is 0 Å². The maximum absolute atomic E-state index is 11.6. The van der Waals surface area contributed by atoms with E-state index in [1.165, 1.54) is 54.6 Å². The number of halogens is 1. The van der Waals surface area contributed by atoms with Crippen LogP contribution in [0.4, 0.5) is 0 Å². The minimum absolute atomic E-state index is 0. The maximum Gasteiger partial charge on any atom is 0.326 e. The lowest BCUT2D eigenvalue weighted by Gasteiger charge is -2.15. The van der Waals surface area contributed by atoms with Gasteiger partial charge >= 0.3 is 17.9 Å². The molecule has 0 radical (unpaired) electrons. The zero-order valence-electron chi connectivity index (χ0n) is 33.9. The van der Waals surface area contributed by atoms with Crippen LogP contribution in [0.5, 0.6) is 34.5 Å². The molecule has 0 saturated heterocycles. The average molecular weight is 881 g/mol. The van der Waals surface area contributed by atoms with Crippen LogP contribution in [0.25, 0.3) is 0 Å². The number of unbranched alkanes of at least 4 members (excludes halogenated alkanes) is 2. The van der Waals surface area contributed by atoms with Gasteiger partial charge in [-0.1, -0.05) is 44.9 Å². The van der Waals surface area contributed by atoms with Crippen molar-refractivity contribution in [2.24, 2.45) is 5.73 Å². The lowest BCUT2D eigenvalue weighted by molar-refractivity contribution is -0.142. The molecule has 3 rings (SSSR count). The van der Waals surface area contributed by atoms with Crippen LogP contribution in [0, 0.1) is 0 Å². The summed E-state index contributed by atoms with van der Waals surface area (Å²) in [4.78, 5) is 68.0. The van der Waals surface area contributed by atoms with Gasteiger partial charge in [-0.3, -0.25) is 14.4 Å². The molecule has 61 heavy (non-hydrogen) atoms. The quantitative estimate of drug-likeness (QED) is 0.0683. The molecular formula is C41H57ClN4O15. The van der Waals surface area contributed by atoms with Crippen LogP contribution in [0.1, 0.15) is 81.9 Å². The molecule has 0 aliphatic carbocycles. The third-order valence-corrected chi connectivity index (χ3v) is 8.46. The Balaban J connectivity index is 0.000000878. The number of nitrogens with two attached hydrogens (primary N) is 1. The number of nitrogens with one attached hydrogen (secondary N) is 3. The number of phenols is 6. The summed E-state index contributed by atoms with van der Waals surface area (Å²) in [5.74, 6) is -6.22. The summed E-state index contributed by atoms with van der Waals surface area (Å²) in [6, 6.07) is 8.94. The van der Waals surface area contributed by atoms with Gasteiger partial charge in [0.05, 0.1) is 0 Å². The van der Waals surface area contributed by atoms with Gasteiger partial charge in [0.1, 0.15) is 18.1 Å². The van der Waals surface area contributed by atoms with Crippen molar-refractivity contribution in [2.75, 3.05) is 6.54 Å². The number of carbonyl (C=O) groups excluding carboxylic acids is 3. The van der Waals surface area contributed by atoms with Crippen molar-refractivity contribution >= 4 is 48.0 Å². The molecule has 3 aromatic carbocycles. The predicted octanol–water partition coefficient (Wildman–Crippen LogP) is 3.17. The van der Waals surface area contributed by atoms with E-state index < -0.39 is 36.0 Å². The Hall–Kier alpha value is -6.47. The molecule has 338 valence electrons. The molecule has 0 unspecified atom stereocenters. The van der Waals surface area contributed by atoms with E-state index in [9.17, 15) is 59.4 Å². The van der Waals surface area contributed by atoms with Crippen LogP contribution in [0.15, 0.2) is 54.6 Å². The second-order valence-corrected chi connectivity index (χ2v) is 13.6. The van der Waals surface area contributed by atoms with Crippen LogP contribution in [0.2, 0.25) is 0 Å². The van der Waals surface area contributed by atoms with E-state index in [-0.39, 0.29) is 90.3 Å². The largest absolute Gasteiger partial charge is 0.504 e. The predicted molar refractivity (Wildman–Crippen MR) is 224 cm³/mol. The fraction of sp³-hybridized carbons (Fsp3) is 0.415. The first-order valence-electron chi connectivity index (χ1n) is 19.1. The Morgan fingerprint density at radius 2 is 0.738 bits per heavy atom. The molecule has 20 heteroatoms. The molecule has 0 aromatic heterocycles. The molecule has 0 spiro atoms. The monoisotopic (exact) mass is 880 g/mol. The van der Waals surface area contributed by atoms with Crippen molar-refractivity contribution in [3.63, 3.8) is 0 Å². The van der Waals surface area contributed by atoms with Crippen LogP contribution < -0.4 is 21.7 Å². The normalized spacial score (nSPS) is 11.7. The molecule has 3 aromatic rings. The number of phenolic OH excluding ortho intramolecular Hbond substituents is 6. The van der Waals surface area contributed by atoms with Crippen LogP contribution in [-0.4, -0.2) is 106 Å². The number of carboxylic acids is 3. The van der Waals surface area contributed by atoms with Gasteiger partial charge in [-0.05, 0) is 78.9 Å². The number of aromatic hydroxyl groups is 6. The summed E-state index contributed by atoms with van der Waals surface area (Å²) in [6.07, 6.45) is 4.46. The number of carbonyl (C=O) groups is 6. The highest BCUT2D eigenvalue weighted by Crippen LogP contribution is 2.27. The second kappa shape index (κ2) is 28.9. The van der Waals surface area contributed by atoms with Crippen molar-refractivity contribution in [2.45, 2.75) is 103 Å². The Labute approximate surface area is 358 Å². The third kappa shape index (κ3) is 21.9. The molecule has 0 fully saturated rings. The average Bonchev–Trinajstić information content (AvgIpc) is 3.19. The number of benzene rings is 3. The van der Waals surface area contributed by atoms with E-state index in [0.717, 1.165) is 12.8 Å².